The molecule has 0 heterocycles. The summed E-state index contributed by atoms with van der Waals surface area (Å²) in [5.41, 5.74) is 0.340. The molecule has 0 spiro atoms. The lowest BCUT2D eigenvalue weighted by atomic mass is 10.3. The van der Waals surface area contributed by atoms with Gasteiger partial charge in [-0.3, -0.25) is 4.72 Å². The van der Waals surface area contributed by atoms with Crippen LogP contribution in [0.5, 0.6) is 11.5 Å². The second-order valence-corrected chi connectivity index (χ2v) is 7.26. The van der Waals surface area contributed by atoms with Crippen LogP contribution < -0.4 is 9.46 Å². The number of nitrogens with one attached hydrogen (secondary N) is 1. The van der Waals surface area contributed by atoms with E-state index in [0.717, 1.165) is 6.07 Å². The minimum atomic E-state index is -3.86. The summed E-state index contributed by atoms with van der Waals surface area (Å²) in [5.74, 6) is 0.531. The number of rotatable bonds is 5. The summed E-state index contributed by atoms with van der Waals surface area (Å²) in [7, 11) is -3.86. The zero-order valence-electron chi connectivity index (χ0n) is 12.8. The Morgan fingerprint density at radius 1 is 0.880 bits per heavy atom. The second kappa shape index (κ2) is 7.13. The lowest BCUT2D eigenvalue weighted by Crippen LogP contribution is -2.13. The average molecular weight is 378 g/mol. The number of anilines is 1. The Morgan fingerprint density at radius 2 is 1.48 bits per heavy atom. The third-order valence-corrected chi connectivity index (χ3v) is 4.89. The highest BCUT2D eigenvalue weighted by Crippen LogP contribution is 2.25. The molecule has 128 valence electrons. The highest BCUT2D eigenvalue weighted by Gasteiger charge is 2.14. The maximum Gasteiger partial charge on any atom is 0.261 e. The van der Waals surface area contributed by atoms with Crippen LogP contribution in [0.25, 0.3) is 0 Å². The van der Waals surface area contributed by atoms with Gasteiger partial charge in [-0.2, -0.15) is 0 Å². The quantitative estimate of drug-likeness (QED) is 0.675. The lowest BCUT2D eigenvalue weighted by molar-refractivity contribution is 0.483. The third kappa shape index (κ3) is 4.49. The first kappa shape index (κ1) is 17.3. The van der Waals surface area contributed by atoms with Crippen molar-refractivity contribution in [1.29, 1.82) is 0 Å². The molecule has 0 fully saturated rings. The molecule has 7 heteroatoms. The van der Waals surface area contributed by atoms with Crippen molar-refractivity contribution in [2.45, 2.75) is 4.90 Å². The molecular weight excluding hydrogens is 365 g/mol. The standard InChI is InChI=1S/C18H13ClFNO3S/c19-13-4-8-16(9-5-13)24-17-10-6-15(7-11-17)21-25(22,23)18-3-1-2-14(20)12-18/h1-12,21H. The monoisotopic (exact) mass is 377 g/mol. The molecule has 0 aliphatic carbocycles. The van der Waals surface area contributed by atoms with Gasteiger partial charge in [-0.05, 0) is 66.7 Å². The Kier molecular flexibility index (Phi) is 4.92. The van der Waals surface area contributed by atoms with E-state index in [2.05, 4.69) is 4.72 Å². The number of sulfonamides is 1. The van der Waals surface area contributed by atoms with Crippen LogP contribution in [0, 0.1) is 5.82 Å². The molecule has 0 unspecified atom stereocenters. The van der Waals surface area contributed by atoms with Gasteiger partial charge in [0.2, 0.25) is 0 Å². The summed E-state index contributed by atoms with van der Waals surface area (Å²) in [6.45, 7) is 0. The van der Waals surface area contributed by atoms with E-state index < -0.39 is 15.8 Å². The Bertz CT molecular complexity index is 974. The molecule has 0 aliphatic heterocycles. The van der Waals surface area contributed by atoms with Crippen LogP contribution in [0.2, 0.25) is 5.02 Å². The molecular formula is C18H13ClFNO3S. The molecule has 0 bridgehead atoms. The molecule has 0 saturated carbocycles. The van der Waals surface area contributed by atoms with Gasteiger partial charge in [-0.1, -0.05) is 17.7 Å². The summed E-state index contributed by atoms with van der Waals surface area (Å²) in [6.07, 6.45) is 0. The maximum absolute atomic E-state index is 13.2. The molecule has 3 aromatic rings. The van der Waals surface area contributed by atoms with Gasteiger partial charge >= 0.3 is 0 Å². The molecule has 0 amide bonds. The molecule has 0 saturated heterocycles. The maximum atomic E-state index is 13.2. The summed E-state index contributed by atoms with van der Waals surface area (Å²) < 4.78 is 45.7. The van der Waals surface area contributed by atoms with E-state index in [1.807, 2.05) is 0 Å². The van der Waals surface area contributed by atoms with Crippen LogP contribution in [-0.2, 0) is 10.0 Å². The zero-order chi connectivity index (χ0) is 17.9. The lowest BCUT2D eigenvalue weighted by Gasteiger charge is -2.10. The highest BCUT2D eigenvalue weighted by atomic mass is 35.5. The predicted octanol–water partition coefficient (Wildman–Crippen LogP) is 5.07. The van der Waals surface area contributed by atoms with Gasteiger partial charge in [0.25, 0.3) is 10.0 Å². The molecule has 3 rings (SSSR count). The first-order valence-electron chi connectivity index (χ1n) is 7.24. The van der Waals surface area contributed by atoms with Crippen molar-refractivity contribution in [1.82, 2.24) is 0 Å². The molecule has 0 aliphatic rings. The summed E-state index contributed by atoms with van der Waals surface area (Å²) in [6, 6.07) is 18.0. The first-order chi connectivity index (χ1) is 11.9. The van der Waals surface area contributed by atoms with Crippen molar-refractivity contribution in [3.8, 4) is 11.5 Å². The third-order valence-electron chi connectivity index (χ3n) is 3.26. The second-order valence-electron chi connectivity index (χ2n) is 5.14. The van der Waals surface area contributed by atoms with Crippen molar-refractivity contribution in [3.63, 3.8) is 0 Å². The fourth-order valence-electron chi connectivity index (χ4n) is 2.08. The van der Waals surface area contributed by atoms with E-state index in [-0.39, 0.29) is 4.90 Å². The molecule has 4 nitrogen and oxygen atoms in total. The molecule has 25 heavy (non-hydrogen) atoms. The average Bonchev–Trinajstić information content (AvgIpc) is 2.58. The van der Waals surface area contributed by atoms with E-state index in [1.54, 1.807) is 48.5 Å². The first-order valence-corrected chi connectivity index (χ1v) is 9.10. The van der Waals surface area contributed by atoms with Crippen molar-refractivity contribution in [3.05, 3.63) is 83.6 Å². The Morgan fingerprint density at radius 3 is 2.08 bits per heavy atom. The fraction of sp³-hybridized carbons (Fsp3) is 0. The predicted molar refractivity (Wildman–Crippen MR) is 95.2 cm³/mol. The Hall–Kier alpha value is -2.57. The number of hydrogen-bond donors (Lipinski definition) is 1. The summed E-state index contributed by atoms with van der Waals surface area (Å²) >= 11 is 5.81. The fourth-order valence-corrected chi connectivity index (χ4v) is 3.29. The molecule has 0 radical (unpaired) electrons. The van der Waals surface area contributed by atoms with Crippen molar-refractivity contribution < 1.29 is 17.5 Å². The highest BCUT2D eigenvalue weighted by molar-refractivity contribution is 7.92. The Labute approximate surface area is 149 Å². The van der Waals surface area contributed by atoms with Crippen molar-refractivity contribution >= 4 is 27.3 Å². The van der Waals surface area contributed by atoms with E-state index in [9.17, 15) is 12.8 Å². The van der Waals surface area contributed by atoms with Gasteiger partial charge in [0.1, 0.15) is 17.3 Å². The van der Waals surface area contributed by atoms with E-state index in [4.69, 9.17) is 16.3 Å². The largest absolute Gasteiger partial charge is 0.457 e. The Balaban J connectivity index is 1.73. The normalized spacial score (nSPS) is 11.1. The number of benzene rings is 3. The molecule has 1 N–H and O–H groups in total. The van der Waals surface area contributed by atoms with Crippen LogP contribution in [0.1, 0.15) is 0 Å². The SMILES string of the molecule is O=S(=O)(Nc1ccc(Oc2ccc(Cl)cc2)cc1)c1cccc(F)c1. The van der Waals surface area contributed by atoms with E-state index in [0.29, 0.717) is 22.2 Å². The zero-order valence-corrected chi connectivity index (χ0v) is 14.4. The number of hydrogen-bond acceptors (Lipinski definition) is 3. The number of ether oxygens (including phenoxy) is 1. The van der Waals surface area contributed by atoms with Gasteiger partial charge in [0, 0.05) is 10.7 Å². The van der Waals surface area contributed by atoms with Crippen LogP contribution in [-0.4, -0.2) is 8.42 Å². The van der Waals surface area contributed by atoms with Crippen molar-refractivity contribution in [2.75, 3.05) is 4.72 Å². The van der Waals surface area contributed by atoms with Crippen LogP contribution in [0.15, 0.2) is 77.7 Å². The van der Waals surface area contributed by atoms with Gasteiger partial charge in [0.15, 0.2) is 0 Å². The van der Waals surface area contributed by atoms with Gasteiger partial charge in [-0.15, -0.1) is 0 Å². The van der Waals surface area contributed by atoms with Crippen LogP contribution in [0.4, 0.5) is 10.1 Å². The molecule has 3 aromatic carbocycles. The van der Waals surface area contributed by atoms with Crippen LogP contribution >= 0.6 is 11.6 Å². The van der Waals surface area contributed by atoms with Crippen molar-refractivity contribution in [2.24, 2.45) is 0 Å². The molecule has 0 atom stereocenters. The molecule has 0 aromatic heterocycles. The van der Waals surface area contributed by atoms with Gasteiger partial charge in [0.05, 0.1) is 4.90 Å². The van der Waals surface area contributed by atoms with Gasteiger partial charge in [-0.25, -0.2) is 12.8 Å². The summed E-state index contributed by atoms with van der Waals surface area (Å²) in [5, 5.41) is 0.606. The van der Waals surface area contributed by atoms with Gasteiger partial charge < -0.3 is 4.74 Å². The minimum Gasteiger partial charge on any atom is -0.457 e. The van der Waals surface area contributed by atoms with E-state index in [1.165, 1.54) is 18.2 Å². The minimum absolute atomic E-state index is 0.144. The number of halogens is 2. The smallest absolute Gasteiger partial charge is 0.261 e. The van der Waals surface area contributed by atoms with E-state index >= 15 is 0 Å². The van der Waals surface area contributed by atoms with Crippen LogP contribution in [0.3, 0.4) is 0 Å². The topological polar surface area (TPSA) is 55.4 Å². The summed E-state index contributed by atoms with van der Waals surface area (Å²) in [4.78, 5) is -0.144.